The lowest BCUT2D eigenvalue weighted by molar-refractivity contribution is 0.477. The normalized spacial score (nSPS) is 16.6. The van der Waals surface area contributed by atoms with Gasteiger partial charge in [-0.05, 0) is 49.2 Å². The molecule has 0 radical (unpaired) electrons. The molecule has 2 aromatic carbocycles. The van der Waals surface area contributed by atoms with Gasteiger partial charge < -0.3 is 15.7 Å². The molecule has 3 N–H and O–H groups in total. The standard InChI is InChI=1S/C22H21F2N3O/c1-13-5-6-20(28)17(9-13)19-10-14(16-3-2-4-18(23)22(16)24)11-21(26-19)27-8-7-15(25)12-27/h2-6,9-11,15,28H,7-8,12,25H2,1H3. The van der Waals surface area contributed by atoms with Gasteiger partial charge in [-0.3, -0.25) is 0 Å². The number of nitrogens with zero attached hydrogens (tertiary/aromatic N) is 2. The minimum atomic E-state index is -0.905. The summed E-state index contributed by atoms with van der Waals surface area (Å²) in [6, 6.07) is 12.8. The minimum absolute atomic E-state index is 0.0483. The van der Waals surface area contributed by atoms with E-state index in [4.69, 9.17) is 10.7 Å². The fourth-order valence-corrected chi connectivity index (χ4v) is 3.55. The summed E-state index contributed by atoms with van der Waals surface area (Å²) < 4.78 is 28.3. The maximum atomic E-state index is 14.5. The molecule has 1 saturated heterocycles. The van der Waals surface area contributed by atoms with Crippen molar-refractivity contribution in [2.75, 3.05) is 18.0 Å². The second-order valence-electron chi connectivity index (χ2n) is 7.22. The third kappa shape index (κ3) is 3.43. The summed E-state index contributed by atoms with van der Waals surface area (Å²) in [7, 11) is 0. The van der Waals surface area contributed by atoms with Crippen LogP contribution in [0, 0.1) is 18.6 Å². The van der Waals surface area contributed by atoms with E-state index in [9.17, 15) is 13.9 Å². The van der Waals surface area contributed by atoms with E-state index in [-0.39, 0.29) is 17.4 Å². The van der Waals surface area contributed by atoms with E-state index in [1.54, 1.807) is 24.3 Å². The monoisotopic (exact) mass is 381 g/mol. The molecule has 0 aliphatic carbocycles. The maximum Gasteiger partial charge on any atom is 0.166 e. The fraction of sp³-hybridized carbons (Fsp3) is 0.227. The van der Waals surface area contributed by atoms with Crippen LogP contribution in [-0.4, -0.2) is 29.2 Å². The zero-order chi connectivity index (χ0) is 19.8. The van der Waals surface area contributed by atoms with Crippen LogP contribution in [0.25, 0.3) is 22.4 Å². The van der Waals surface area contributed by atoms with Gasteiger partial charge in [0.25, 0.3) is 0 Å². The third-order valence-corrected chi connectivity index (χ3v) is 5.05. The highest BCUT2D eigenvalue weighted by atomic mass is 19.2. The summed E-state index contributed by atoms with van der Waals surface area (Å²) in [5.41, 5.74) is 8.68. The average Bonchev–Trinajstić information content (AvgIpc) is 3.12. The molecule has 2 heterocycles. The van der Waals surface area contributed by atoms with Gasteiger partial charge in [-0.2, -0.15) is 0 Å². The van der Waals surface area contributed by atoms with Crippen LogP contribution in [0.1, 0.15) is 12.0 Å². The Balaban J connectivity index is 1.91. The third-order valence-electron chi connectivity index (χ3n) is 5.05. The van der Waals surface area contributed by atoms with Gasteiger partial charge in [0.15, 0.2) is 11.6 Å². The van der Waals surface area contributed by atoms with Crippen LogP contribution in [0.2, 0.25) is 0 Å². The first-order valence-electron chi connectivity index (χ1n) is 9.19. The Hall–Kier alpha value is -2.99. The topological polar surface area (TPSA) is 62.4 Å². The number of hydrogen-bond acceptors (Lipinski definition) is 4. The summed E-state index contributed by atoms with van der Waals surface area (Å²) in [4.78, 5) is 6.72. The van der Waals surface area contributed by atoms with Crippen molar-refractivity contribution in [1.82, 2.24) is 4.98 Å². The van der Waals surface area contributed by atoms with E-state index in [1.165, 1.54) is 12.1 Å². The number of rotatable bonds is 3. The Morgan fingerprint density at radius 3 is 2.68 bits per heavy atom. The van der Waals surface area contributed by atoms with Gasteiger partial charge in [-0.15, -0.1) is 0 Å². The van der Waals surface area contributed by atoms with Crippen molar-refractivity contribution in [2.45, 2.75) is 19.4 Å². The molecular formula is C22H21F2N3O. The Kier molecular flexibility index (Phi) is 4.73. The van der Waals surface area contributed by atoms with Crippen LogP contribution in [0.15, 0.2) is 48.5 Å². The van der Waals surface area contributed by atoms with Crippen molar-refractivity contribution < 1.29 is 13.9 Å². The Labute approximate surface area is 162 Å². The molecule has 1 aliphatic rings. The number of phenols is 1. The molecule has 0 bridgehead atoms. The zero-order valence-electron chi connectivity index (χ0n) is 15.5. The van der Waals surface area contributed by atoms with E-state index in [0.29, 0.717) is 29.2 Å². The van der Waals surface area contributed by atoms with Gasteiger partial charge in [-0.25, -0.2) is 13.8 Å². The van der Waals surface area contributed by atoms with Crippen molar-refractivity contribution in [3.05, 3.63) is 65.7 Å². The number of nitrogens with two attached hydrogens (primary N) is 1. The van der Waals surface area contributed by atoms with Crippen LogP contribution < -0.4 is 10.6 Å². The van der Waals surface area contributed by atoms with Crippen molar-refractivity contribution in [3.63, 3.8) is 0 Å². The van der Waals surface area contributed by atoms with Crippen molar-refractivity contribution in [3.8, 4) is 28.1 Å². The molecule has 1 aromatic heterocycles. The van der Waals surface area contributed by atoms with E-state index in [2.05, 4.69) is 0 Å². The number of aryl methyl sites for hydroxylation is 1. The van der Waals surface area contributed by atoms with E-state index < -0.39 is 11.6 Å². The molecule has 4 nitrogen and oxygen atoms in total. The predicted octanol–water partition coefficient (Wildman–Crippen LogP) is 4.25. The molecule has 28 heavy (non-hydrogen) atoms. The lowest BCUT2D eigenvalue weighted by Crippen LogP contribution is -2.27. The van der Waals surface area contributed by atoms with Gasteiger partial charge in [-0.1, -0.05) is 23.8 Å². The molecule has 144 valence electrons. The molecular weight excluding hydrogens is 360 g/mol. The predicted molar refractivity (Wildman–Crippen MR) is 106 cm³/mol. The highest BCUT2D eigenvalue weighted by molar-refractivity contribution is 5.77. The number of benzene rings is 2. The first kappa shape index (κ1) is 18.4. The quantitative estimate of drug-likeness (QED) is 0.712. The first-order chi connectivity index (χ1) is 13.4. The summed E-state index contributed by atoms with van der Waals surface area (Å²) in [6.07, 6.45) is 0.839. The Morgan fingerprint density at radius 2 is 1.93 bits per heavy atom. The minimum Gasteiger partial charge on any atom is -0.507 e. The molecule has 4 rings (SSSR count). The Morgan fingerprint density at radius 1 is 1.11 bits per heavy atom. The van der Waals surface area contributed by atoms with Crippen LogP contribution in [0.5, 0.6) is 5.75 Å². The highest BCUT2D eigenvalue weighted by Crippen LogP contribution is 2.35. The number of aromatic nitrogens is 1. The number of aromatic hydroxyl groups is 1. The van der Waals surface area contributed by atoms with Crippen molar-refractivity contribution in [1.29, 1.82) is 0 Å². The lowest BCUT2D eigenvalue weighted by atomic mass is 10.0. The molecule has 1 atom stereocenters. The summed E-state index contributed by atoms with van der Waals surface area (Å²) >= 11 is 0. The highest BCUT2D eigenvalue weighted by Gasteiger charge is 2.23. The molecule has 1 fully saturated rings. The van der Waals surface area contributed by atoms with Crippen molar-refractivity contribution >= 4 is 5.82 Å². The lowest BCUT2D eigenvalue weighted by Gasteiger charge is -2.20. The smallest absolute Gasteiger partial charge is 0.166 e. The molecule has 0 spiro atoms. The van der Waals surface area contributed by atoms with Crippen molar-refractivity contribution in [2.24, 2.45) is 5.73 Å². The van der Waals surface area contributed by atoms with E-state index >= 15 is 0 Å². The molecule has 0 amide bonds. The molecule has 0 saturated carbocycles. The van der Waals surface area contributed by atoms with Gasteiger partial charge in [0, 0.05) is 30.3 Å². The molecule has 1 aliphatic heterocycles. The van der Waals surface area contributed by atoms with E-state index in [1.807, 2.05) is 17.9 Å². The average molecular weight is 381 g/mol. The number of pyridine rings is 1. The van der Waals surface area contributed by atoms with E-state index in [0.717, 1.165) is 24.6 Å². The number of halogens is 2. The van der Waals surface area contributed by atoms with Gasteiger partial charge in [0.05, 0.1) is 5.69 Å². The van der Waals surface area contributed by atoms with Crippen LogP contribution in [-0.2, 0) is 0 Å². The number of phenolic OH excluding ortho intramolecular Hbond substituents is 1. The fourth-order valence-electron chi connectivity index (χ4n) is 3.55. The second kappa shape index (κ2) is 7.20. The van der Waals surface area contributed by atoms with Gasteiger partial charge in [0.2, 0.25) is 0 Å². The van der Waals surface area contributed by atoms with Gasteiger partial charge in [0.1, 0.15) is 11.6 Å². The molecule has 3 aromatic rings. The Bertz CT molecular complexity index is 1020. The molecule has 1 unspecified atom stereocenters. The first-order valence-corrected chi connectivity index (χ1v) is 9.19. The number of anilines is 1. The zero-order valence-corrected chi connectivity index (χ0v) is 15.5. The molecule has 6 heteroatoms. The SMILES string of the molecule is Cc1ccc(O)c(-c2cc(-c3cccc(F)c3F)cc(N3CCC(N)C3)n2)c1. The summed E-state index contributed by atoms with van der Waals surface area (Å²) in [5.74, 6) is -1.10. The van der Waals surface area contributed by atoms with Crippen LogP contribution >= 0.6 is 0 Å². The summed E-state index contributed by atoms with van der Waals surface area (Å²) in [6.45, 7) is 3.29. The maximum absolute atomic E-state index is 14.5. The largest absolute Gasteiger partial charge is 0.507 e. The van der Waals surface area contributed by atoms with Crippen LogP contribution in [0.3, 0.4) is 0 Å². The summed E-state index contributed by atoms with van der Waals surface area (Å²) in [5, 5.41) is 10.3. The second-order valence-corrected chi connectivity index (χ2v) is 7.22. The number of hydrogen-bond donors (Lipinski definition) is 2. The van der Waals surface area contributed by atoms with Gasteiger partial charge >= 0.3 is 0 Å². The van der Waals surface area contributed by atoms with Crippen LogP contribution in [0.4, 0.5) is 14.6 Å².